The van der Waals surface area contributed by atoms with Gasteiger partial charge in [0.15, 0.2) is 11.6 Å². The Labute approximate surface area is 154 Å². The van der Waals surface area contributed by atoms with E-state index in [4.69, 9.17) is 9.11 Å². The molecule has 0 aliphatic rings. The van der Waals surface area contributed by atoms with Gasteiger partial charge in [0.05, 0.1) is 4.90 Å². The van der Waals surface area contributed by atoms with Crippen molar-refractivity contribution in [2.24, 2.45) is 0 Å². The predicted molar refractivity (Wildman–Crippen MR) is 92.7 cm³/mol. The van der Waals surface area contributed by atoms with Crippen molar-refractivity contribution in [2.75, 3.05) is 0 Å². The Morgan fingerprint density at radius 2 is 1.22 bits per heavy atom. The predicted octanol–water partition coefficient (Wildman–Crippen LogP) is 1.63. The van der Waals surface area contributed by atoms with Gasteiger partial charge in [-0.3, -0.25) is 9.11 Å². The topological polar surface area (TPSA) is 157 Å². The molecule has 0 saturated carbocycles. The first kappa shape index (κ1) is 18.8. The van der Waals surface area contributed by atoms with Crippen LogP contribution in [0.3, 0.4) is 0 Å². The van der Waals surface area contributed by atoms with E-state index in [0.717, 1.165) is 0 Å². The minimum atomic E-state index is -4.61. The maximum absolute atomic E-state index is 11.1. The Kier molecular flexibility index (Phi) is 4.89. The van der Waals surface area contributed by atoms with Crippen LogP contribution in [0.5, 0.6) is 5.75 Å². The van der Waals surface area contributed by atoms with Crippen molar-refractivity contribution in [3.05, 3.63) is 54.9 Å². The van der Waals surface area contributed by atoms with E-state index in [2.05, 4.69) is 19.1 Å². The lowest BCUT2D eigenvalue weighted by Crippen LogP contribution is -2.06. The number of nitrogens with zero attached hydrogens (tertiary/aromatic N) is 3. The minimum Gasteiger partial charge on any atom is -0.362 e. The van der Waals surface area contributed by atoms with Crippen LogP contribution in [0.25, 0.3) is 22.8 Å². The maximum atomic E-state index is 11.1. The second-order valence-electron chi connectivity index (χ2n) is 5.17. The molecule has 3 rings (SSSR count). The van der Waals surface area contributed by atoms with Crippen LogP contribution in [0.2, 0.25) is 0 Å². The van der Waals surface area contributed by atoms with Gasteiger partial charge in [-0.2, -0.15) is 16.8 Å². The fourth-order valence-electron chi connectivity index (χ4n) is 2.13. The molecule has 27 heavy (non-hydrogen) atoms. The summed E-state index contributed by atoms with van der Waals surface area (Å²) in [5.41, 5.74) is 1.02. The molecule has 0 aliphatic carbocycles. The summed E-state index contributed by atoms with van der Waals surface area (Å²) in [5.74, 6) is 0.453. The standard InChI is InChI=1S/C15H11N3O7S2/c19-26(20,21)13-7-3-11(4-8-13)15-17-9-16-14(18-15)10-1-5-12(6-2-10)25-27(22,23)24/h1-9H,(H,19,20,21)(H,22,23,24). The van der Waals surface area contributed by atoms with Gasteiger partial charge in [0.1, 0.15) is 12.1 Å². The van der Waals surface area contributed by atoms with E-state index in [1.54, 1.807) is 0 Å². The number of benzene rings is 2. The van der Waals surface area contributed by atoms with Gasteiger partial charge < -0.3 is 4.18 Å². The largest absolute Gasteiger partial charge is 0.446 e. The van der Waals surface area contributed by atoms with Crippen molar-refractivity contribution in [3.8, 4) is 28.5 Å². The van der Waals surface area contributed by atoms with Crippen molar-refractivity contribution in [1.82, 2.24) is 15.0 Å². The van der Waals surface area contributed by atoms with E-state index in [0.29, 0.717) is 11.1 Å². The first-order chi connectivity index (χ1) is 12.6. The first-order valence-electron chi connectivity index (χ1n) is 7.16. The minimum absolute atomic E-state index is 0.0867. The molecular formula is C15H11N3O7S2. The van der Waals surface area contributed by atoms with Crippen LogP contribution in [-0.2, 0) is 20.5 Å². The normalized spacial score (nSPS) is 11.9. The Balaban J connectivity index is 1.89. The number of hydrogen-bond donors (Lipinski definition) is 2. The quantitative estimate of drug-likeness (QED) is 0.593. The third-order valence-corrected chi connectivity index (χ3v) is 4.57. The van der Waals surface area contributed by atoms with Crippen molar-refractivity contribution in [3.63, 3.8) is 0 Å². The fourth-order valence-corrected chi connectivity index (χ4v) is 2.97. The molecule has 1 heterocycles. The zero-order valence-electron chi connectivity index (χ0n) is 13.3. The van der Waals surface area contributed by atoms with Crippen LogP contribution in [0.1, 0.15) is 0 Å². The summed E-state index contributed by atoms with van der Waals surface area (Å²) in [4.78, 5) is 12.1. The summed E-state index contributed by atoms with van der Waals surface area (Å²) in [6, 6.07) is 10.9. The van der Waals surface area contributed by atoms with E-state index in [1.165, 1.54) is 54.9 Å². The van der Waals surface area contributed by atoms with Gasteiger partial charge in [0.25, 0.3) is 10.1 Å². The van der Waals surface area contributed by atoms with Crippen molar-refractivity contribution < 1.29 is 30.1 Å². The monoisotopic (exact) mass is 409 g/mol. The number of hydrogen-bond acceptors (Lipinski definition) is 8. The van der Waals surface area contributed by atoms with Gasteiger partial charge in [0.2, 0.25) is 0 Å². The van der Waals surface area contributed by atoms with Crippen molar-refractivity contribution in [1.29, 1.82) is 0 Å². The third-order valence-electron chi connectivity index (χ3n) is 3.30. The molecule has 10 nitrogen and oxygen atoms in total. The van der Waals surface area contributed by atoms with Gasteiger partial charge in [-0.1, -0.05) is 0 Å². The Morgan fingerprint density at radius 1 is 0.741 bits per heavy atom. The molecule has 2 N–H and O–H groups in total. The number of rotatable bonds is 5. The lowest BCUT2D eigenvalue weighted by molar-refractivity contribution is 0.387. The highest BCUT2D eigenvalue weighted by Crippen LogP contribution is 2.23. The Bertz CT molecular complexity index is 1180. The molecule has 0 radical (unpaired) electrons. The van der Waals surface area contributed by atoms with Gasteiger partial charge >= 0.3 is 10.4 Å². The van der Waals surface area contributed by atoms with Gasteiger partial charge in [-0.05, 0) is 48.5 Å². The number of aromatic nitrogens is 3. The molecule has 0 spiro atoms. The van der Waals surface area contributed by atoms with Crippen LogP contribution in [-0.4, -0.2) is 40.9 Å². The Hall–Kier alpha value is -2.93. The van der Waals surface area contributed by atoms with E-state index in [-0.39, 0.29) is 22.3 Å². The van der Waals surface area contributed by atoms with E-state index in [9.17, 15) is 16.8 Å². The summed E-state index contributed by atoms with van der Waals surface area (Å²) in [6.07, 6.45) is 1.26. The molecule has 0 saturated heterocycles. The average molecular weight is 409 g/mol. The van der Waals surface area contributed by atoms with Crippen LogP contribution >= 0.6 is 0 Å². The van der Waals surface area contributed by atoms with Crippen LogP contribution in [0.15, 0.2) is 59.8 Å². The van der Waals surface area contributed by atoms with Crippen LogP contribution in [0.4, 0.5) is 0 Å². The SMILES string of the molecule is O=S(=O)(O)Oc1ccc(-c2ncnc(-c3ccc(S(=O)(=O)O)cc3)n2)cc1. The second kappa shape index (κ2) is 7.00. The first-order valence-corrected chi connectivity index (χ1v) is 9.97. The maximum Gasteiger partial charge on any atom is 0.446 e. The summed E-state index contributed by atoms with van der Waals surface area (Å²) in [6.45, 7) is 0. The smallest absolute Gasteiger partial charge is 0.362 e. The lowest BCUT2D eigenvalue weighted by atomic mass is 10.2. The highest BCUT2D eigenvalue weighted by Gasteiger charge is 2.12. The zero-order valence-corrected chi connectivity index (χ0v) is 14.9. The third kappa shape index (κ3) is 4.83. The van der Waals surface area contributed by atoms with Gasteiger partial charge in [-0.15, -0.1) is 0 Å². The molecule has 0 amide bonds. The lowest BCUT2D eigenvalue weighted by Gasteiger charge is -2.05. The molecule has 1 aromatic heterocycles. The van der Waals surface area contributed by atoms with Gasteiger partial charge in [-0.25, -0.2) is 15.0 Å². The molecule has 0 atom stereocenters. The molecule has 3 aromatic rings. The van der Waals surface area contributed by atoms with Crippen LogP contribution < -0.4 is 4.18 Å². The second-order valence-corrected chi connectivity index (χ2v) is 7.61. The summed E-state index contributed by atoms with van der Waals surface area (Å²) < 4.78 is 65.5. The molecular weight excluding hydrogens is 398 g/mol. The highest BCUT2D eigenvalue weighted by molar-refractivity contribution is 7.85. The summed E-state index contributed by atoms with van der Waals surface area (Å²) in [7, 11) is -8.91. The molecule has 0 fully saturated rings. The van der Waals surface area contributed by atoms with E-state index < -0.39 is 20.5 Å². The zero-order chi connectivity index (χ0) is 19.7. The fraction of sp³-hybridized carbons (Fsp3) is 0. The highest BCUT2D eigenvalue weighted by atomic mass is 32.3. The molecule has 140 valence electrons. The van der Waals surface area contributed by atoms with Gasteiger partial charge in [0, 0.05) is 11.1 Å². The molecule has 12 heteroatoms. The molecule has 0 unspecified atom stereocenters. The molecule has 0 bridgehead atoms. The molecule has 2 aromatic carbocycles. The Morgan fingerprint density at radius 3 is 1.67 bits per heavy atom. The van der Waals surface area contributed by atoms with Crippen LogP contribution in [0, 0.1) is 0 Å². The molecule has 0 aliphatic heterocycles. The summed E-state index contributed by atoms with van der Waals surface area (Å²) >= 11 is 0. The van der Waals surface area contributed by atoms with Crippen molar-refractivity contribution >= 4 is 20.5 Å². The van der Waals surface area contributed by atoms with Crippen molar-refractivity contribution in [2.45, 2.75) is 4.90 Å². The average Bonchev–Trinajstić information content (AvgIpc) is 2.60. The van der Waals surface area contributed by atoms with E-state index >= 15 is 0 Å². The summed E-state index contributed by atoms with van der Waals surface area (Å²) in [5, 5.41) is 0. The van der Waals surface area contributed by atoms with E-state index in [1.807, 2.05) is 0 Å².